The molecule has 3 atom stereocenters. The minimum Gasteiger partial charge on any atom is -0.354 e. The van der Waals surface area contributed by atoms with Gasteiger partial charge in [0.05, 0.1) is 6.04 Å². The van der Waals surface area contributed by atoms with Crippen molar-refractivity contribution in [2.24, 2.45) is 11.8 Å². The van der Waals surface area contributed by atoms with Crippen LogP contribution in [0.5, 0.6) is 0 Å². The van der Waals surface area contributed by atoms with E-state index in [1.807, 2.05) is 0 Å². The van der Waals surface area contributed by atoms with Gasteiger partial charge < -0.3 is 20.4 Å². The molecule has 2 aliphatic heterocycles. The minimum atomic E-state index is 0.0679. The number of hydrogen-bond acceptors (Lipinski definition) is 4. The quantitative estimate of drug-likeness (QED) is 0.767. The zero-order chi connectivity index (χ0) is 16.9. The van der Waals surface area contributed by atoms with Gasteiger partial charge in [0.15, 0.2) is 0 Å². The van der Waals surface area contributed by atoms with E-state index in [0.717, 1.165) is 25.4 Å². The van der Waals surface area contributed by atoms with Crippen LogP contribution in [0.4, 0.5) is 0 Å². The summed E-state index contributed by atoms with van der Waals surface area (Å²) >= 11 is 0. The monoisotopic (exact) mass is 336 g/mol. The van der Waals surface area contributed by atoms with Crippen LogP contribution < -0.4 is 10.6 Å². The molecule has 2 N–H and O–H groups in total. The number of nitrogens with one attached hydrogen (secondary N) is 2. The fraction of sp³-hybridized carbons (Fsp3) is 0.947. The van der Waals surface area contributed by atoms with Gasteiger partial charge in [-0.15, -0.1) is 0 Å². The normalized spacial score (nSPS) is 32.0. The maximum absolute atomic E-state index is 12.5. The molecule has 3 rings (SSSR count). The number of carbonyl (C=O) groups is 1. The zero-order valence-corrected chi connectivity index (χ0v) is 15.6. The van der Waals surface area contributed by atoms with Crippen molar-refractivity contribution in [2.45, 2.75) is 57.0 Å². The highest BCUT2D eigenvalue weighted by molar-refractivity contribution is 5.82. The Bertz CT molecular complexity index is 392. The first-order chi connectivity index (χ1) is 11.6. The van der Waals surface area contributed by atoms with Crippen molar-refractivity contribution in [1.29, 1.82) is 0 Å². The van der Waals surface area contributed by atoms with Crippen LogP contribution >= 0.6 is 0 Å². The third-order valence-corrected chi connectivity index (χ3v) is 6.31. The highest BCUT2D eigenvalue weighted by Gasteiger charge is 2.38. The molecule has 2 saturated heterocycles. The first-order valence-corrected chi connectivity index (χ1v) is 10.0. The van der Waals surface area contributed by atoms with Gasteiger partial charge >= 0.3 is 0 Å². The average Bonchev–Trinajstić information content (AvgIpc) is 3.03. The Morgan fingerprint density at radius 2 is 1.92 bits per heavy atom. The van der Waals surface area contributed by atoms with Crippen LogP contribution in [0.1, 0.15) is 44.9 Å². The fourth-order valence-electron chi connectivity index (χ4n) is 4.64. The van der Waals surface area contributed by atoms with Crippen LogP contribution in [-0.2, 0) is 4.79 Å². The molecule has 3 aliphatic rings. The molecule has 1 saturated carbocycles. The SMILES string of the molecule is CN(C)CCN1CCC(CNC(=O)C2CC3CCCCC3N2)CC1. The summed E-state index contributed by atoms with van der Waals surface area (Å²) in [5, 5.41) is 6.83. The summed E-state index contributed by atoms with van der Waals surface area (Å²) in [5.41, 5.74) is 0. The summed E-state index contributed by atoms with van der Waals surface area (Å²) in [7, 11) is 4.27. The second kappa shape index (κ2) is 8.63. The lowest BCUT2D eigenvalue weighted by Gasteiger charge is -2.32. The average molecular weight is 337 g/mol. The maximum Gasteiger partial charge on any atom is 0.237 e. The van der Waals surface area contributed by atoms with E-state index in [2.05, 4.69) is 34.5 Å². The van der Waals surface area contributed by atoms with Gasteiger partial charge in [-0.1, -0.05) is 12.8 Å². The molecular weight excluding hydrogens is 300 g/mol. The van der Waals surface area contributed by atoms with Gasteiger partial charge in [0.2, 0.25) is 5.91 Å². The van der Waals surface area contributed by atoms with Crippen molar-refractivity contribution in [3.63, 3.8) is 0 Å². The van der Waals surface area contributed by atoms with Crippen LogP contribution in [0.3, 0.4) is 0 Å². The number of likely N-dealkylation sites (tertiary alicyclic amines) is 1. The van der Waals surface area contributed by atoms with Crippen LogP contribution in [-0.4, -0.2) is 74.6 Å². The fourth-order valence-corrected chi connectivity index (χ4v) is 4.64. The molecular formula is C19H36N4O. The van der Waals surface area contributed by atoms with Crippen molar-refractivity contribution in [2.75, 3.05) is 46.8 Å². The highest BCUT2D eigenvalue weighted by Crippen LogP contribution is 2.33. The van der Waals surface area contributed by atoms with Gasteiger partial charge in [-0.05, 0) is 71.1 Å². The summed E-state index contributed by atoms with van der Waals surface area (Å²) in [6.45, 7) is 5.53. The molecule has 0 aromatic rings. The Morgan fingerprint density at radius 1 is 1.17 bits per heavy atom. The summed E-state index contributed by atoms with van der Waals surface area (Å²) in [6, 6.07) is 0.674. The molecule has 0 aromatic carbocycles. The van der Waals surface area contributed by atoms with E-state index in [1.165, 1.54) is 58.2 Å². The molecule has 1 amide bonds. The third kappa shape index (κ3) is 4.93. The summed E-state index contributed by atoms with van der Waals surface area (Å²) in [6.07, 6.45) is 8.75. The van der Waals surface area contributed by atoms with Crippen molar-refractivity contribution in [1.82, 2.24) is 20.4 Å². The van der Waals surface area contributed by atoms with Gasteiger partial charge in [-0.2, -0.15) is 0 Å². The molecule has 3 unspecified atom stereocenters. The Hall–Kier alpha value is -0.650. The van der Waals surface area contributed by atoms with Gasteiger partial charge in [0.25, 0.3) is 0 Å². The highest BCUT2D eigenvalue weighted by atomic mass is 16.2. The lowest BCUT2D eigenvalue weighted by atomic mass is 9.85. The van der Waals surface area contributed by atoms with Gasteiger partial charge in [0.1, 0.15) is 0 Å². The van der Waals surface area contributed by atoms with E-state index in [4.69, 9.17) is 0 Å². The minimum absolute atomic E-state index is 0.0679. The van der Waals surface area contributed by atoms with Gasteiger partial charge in [0, 0.05) is 25.7 Å². The van der Waals surface area contributed by atoms with Crippen molar-refractivity contribution in [3.05, 3.63) is 0 Å². The number of hydrogen-bond donors (Lipinski definition) is 2. The number of piperidine rings is 1. The van der Waals surface area contributed by atoms with Gasteiger partial charge in [-0.3, -0.25) is 4.79 Å². The third-order valence-electron chi connectivity index (χ3n) is 6.31. The van der Waals surface area contributed by atoms with Crippen molar-refractivity contribution in [3.8, 4) is 0 Å². The van der Waals surface area contributed by atoms with E-state index in [1.54, 1.807) is 0 Å². The number of amides is 1. The van der Waals surface area contributed by atoms with E-state index in [9.17, 15) is 4.79 Å². The zero-order valence-electron chi connectivity index (χ0n) is 15.6. The number of rotatable bonds is 6. The van der Waals surface area contributed by atoms with E-state index in [0.29, 0.717) is 12.0 Å². The molecule has 0 spiro atoms. The number of fused-ring (bicyclic) bond motifs is 1. The molecule has 2 heterocycles. The van der Waals surface area contributed by atoms with Crippen LogP contribution in [0.15, 0.2) is 0 Å². The molecule has 24 heavy (non-hydrogen) atoms. The van der Waals surface area contributed by atoms with Crippen molar-refractivity contribution < 1.29 is 4.79 Å². The van der Waals surface area contributed by atoms with Gasteiger partial charge in [-0.25, -0.2) is 0 Å². The number of carbonyl (C=O) groups excluding carboxylic acids is 1. The summed E-state index contributed by atoms with van der Waals surface area (Å²) in [4.78, 5) is 17.3. The molecule has 5 nitrogen and oxygen atoms in total. The molecule has 0 aromatic heterocycles. The topological polar surface area (TPSA) is 47.6 Å². The largest absolute Gasteiger partial charge is 0.354 e. The second-order valence-electron chi connectivity index (χ2n) is 8.44. The second-order valence-corrected chi connectivity index (χ2v) is 8.44. The first kappa shape index (κ1) is 18.2. The summed E-state index contributed by atoms with van der Waals surface area (Å²) in [5.74, 6) is 1.65. The summed E-state index contributed by atoms with van der Waals surface area (Å²) < 4.78 is 0. The molecule has 5 heteroatoms. The Balaban J connectivity index is 1.32. The van der Waals surface area contributed by atoms with Crippen LogP contribution in [0, 0.1) is 11.8 Å². The van der Waals surface area contributed by atoms with Crippen molar-refractivity contribution >= 4 is 5.91 Å². The number of likely N-dealkylation sites (N-methyl/N-ethyl adjacent to an activating group) is 1. The van der Waals surface area contributed by atoms with E-state index < -0.39 is 0 Å². The Morgan fingerprint density at radius 3 is 2.62 bits per heavy atom. The molecule has 1 aliphatic carbocycles. The predicted octanol–water partition coefficient (Wildman–Crippen LogP) is 1.30. The van der Waals surface area contributed by atoms with E-state index >= 15 is 0 Å². The smallest absolute Gasteiger partial charge is 0.237 e. The van der Waals surface area contributed by atoms with E-state index in [-0.39, 0.29) is 11.9 Å². The van der Waals surface area contributed by atoms with Crippen LogP contribution in [0.25, 0.3) is 0 Å². The van der Waals surface area contributed by atoms with Crippen LogP contribution in [0.2, 0.25) is 0 Å². The predicted molar refractivity (Wildman–Crippen MR) is 98.0 cm³/mol. The molecule has 3 fully saturated rings. The number of nitrogens with zero attached hydrogens (tertiary/aromatic N) is 2. The lowest BCUT2D eigenvalue weighted by molar-refractivity contribution is -0.123. The molecule has 0 radical (unpaired) electrons. The Labute approximate surface area is 147 Å². The standard InChI is InChI=1S/C19H36N4O/c1-22(2)11-12-23-9-7-15(8-10-23)14-20-19(24)18-13-16-5-3-4-6-17(16)21-18/h15-18,21H,3-14H2,1-2H3,(H,20,24). The molecule has 138 valence electrons. The first-order valence-electron chi connectivity index (χ1n) is 10.0. The lowest BCUT2D eigenvalue weighted by Crippen LogP contribution is -2.46. The molecule has 0 bridgehead atoms. The Kier molecular flexibility index (Phi) is 6.53. The maximum atomic E-state index is 12.5.